The van der Waals surface area contributed by atoms with Crippen molar-refractivity contribution in [3.05, 3.63) is 81.9 Å². The van der Waals surface area contributed by atoms with Gasteiger partial charge in [-0.2, -0.15) is 13.6 Å². The number of rotatable bonds is 30. The Morgan fingerprint density at radius 3 is 2.17 bits per heavy atom. The highest BCUT2D eigenvalue weighted by atomic mass is 33.1. The fraction of sp³-hybridized carbons (Fsp3) is 0.455. The number of ether oxygens (including phenoxy) is 2. The molecule has 1 aliphatic carbocycles. The van der Waals surface area contributed by atoms with E-state index in [-0.39, 0.29) is 74.2 Å². The number of carbonyl (C=O) groups is 6. The number of phosphoric ester groups is 1. The number of nitrogens with one attached hydrogen (secondary N) is 4. The van der Waals surface area contributed by atoms with Crippen LogP contribution < -0.4 is 32.7 Å². The molecule has 5 rings (SSSR count). The highest BCUT2D eigenvalue weighted by molar-refractivity contribution is 8.76. The van der Waals surface area contributed by atoms with Crippen LogP contribution in [0.5, 0.6) is 0 Å². The fourth-order valence-corrected chi connectivity index (χ4v) is 12.8. The number of anilines is 1. The monoisotopic (exact) mass is 1190 g/mol. The number of nitrogens with two attached hydrogens (primary N) is 1. The zero-order chi connectivity index (χ0) is 57.2. The van der Waals surface area contributed by atoms with Crippen molar-refractivity contribution in [2.45, 2.75) is 87.8 Å². The lowest BCUT2D eigenvalue weighted by atomic mass is 9.98. The summed E-state index contributed by atoms with van der Waals surface area (Å²) in [5, 5.41) is 38.9. The molecule has 1 aliphatic heterocycles. The molecule has 2 aliphatic rings. The second kappa shape index (κ2) is 29.5. The Morgan fingerprint density at radius 2 is 1.51 bits per heavy atom. The van der Waals surface area contributed by atoms with Gasteiger partial charge in [0, 0.05) is 55.8 Å². The molecule has 1 aromatic heterocycles. The van der Waals surface area contributed by atoms with E-state index in [1.807, 2.05) is 48.5 Å². The third-order valence-corrected chi connectivity index (χ3v) is 17.5. The van der Waals surface area contributed by atoms with Gasteiger partial charge in [0.05, 0.1) is 24.8 Å². The molecule has 0 bridgehead atoms. The van der Waals surface area contributed by atoms with E-state index in [1.54, 1.807) is 0 Å². The van der Waals surface area contributed by atoms with Crippen molar-refractivity contribution in [1.82, 2.24) is 30.8 Å². The maximum Gasteiger partial charge on any atom is 0.490 e. The predicted octanol–water partition coefficient (Wildman–Crippen LogP) is 2.07. The number of phosphoric acid groups is 3. The van der Waals surface area contributed by atoms with Crippen LogP contribution >= 0.6 is 45.1 Å². The number of aromatic nitrogens is 2. The molecule has 0 spiro atoms. The number of nitrogens with zero attached hydrogens (tertiary/aromatic N) is 2. The lowest BCUT2D eigenvalue weighted by Gasteiger charge is -2.19. The Bertz CT molecular complexity index is 2890. The molecule has 13 N–H and O–H groups in total. The van der Waals surface area contributed by atoms with E-state index < -0.39 is 108 Å². The highest BCUT2D eigenvalue weighted by Gasteiger charge is 2.43. The molecular weight excluding hydrogens is 1140 g/mol. The van der Waals surface area contributed by atoms with Crippen molar-refractivity contribution < 1.29 is 100.0 Å². The molecule has 0 saturated carbocycles. The zero-order valence-electron chi connectivity index (χ0n) is 40.9. The smallest absolute Gasteiger partial charge is 0.481 e. The van der Waals surface area contributed by atoms with Gasteiger partial charge < -0.3 is 71.4 Å². The number of carboxylic acids is 2. The maximum absolute atomic E-state index is 13.4. The van der Waals surface area contributed by atoms with Gasteiger partial charge >= 0.3 is 47.2 Å². The number of hydrogen-bond donors (Lipinski definition) is 12. The number of aliphatic hydroxyl groups is 1. The number of unbranched alkanes of at least 4 members (excludes halogenated alkanes) is 2. The van der Waals surface area contributed by atoms with E-state index in [4.69, 9.17) is 30.1 Å². The standard InChI is InChI=1S/C44H56N7O22P3S2/c45-40-26(22-51(43(60)50-40)38-21-34(52)35(71-38)24-70-75(65,66)73-76(67,68)72-74(62,63)64)9-8-19-46-36(53)17-20-77-78-25-33(41(57)47-18-7-1-2-14-37(54)48-32(42(58)59)15-16-39(55)56)49-44(61)69-23-31-29-12-5-3-10-27(29)28-11-4-6-13-30(28)31/h3-6,10-13,22,31-35,38,52H,1-2,7,14-21,23-25H2,(H,46,53)(H,47,57)(H,48,54)(H,49,61)(H,55,56)(H,58,59)(H,65,66)(H,67,68)(H2,45,50,60)(H2,62,63,64)/t32?,33?,34?,35-,38-/m1/s1. The van der Waals surface area contributed by atoms with Gasteiger partial charge in [-0.3, -0.25) is 28.3 Å². The highest BCUT2D eigenvalue weighted by Crippen LogP contribution is 2.66. The van der Waals surface area contributed by atoms with Crippen molar-refractivity contribution >= 4 is 86.6 Å². The van der Waals surface area contributed by atoms with Gasteiger partial charge in [0.25, 0.3) is 0 Å². The summed E-state index contributed by atoms with van der Waals surface area (Å²) in [7, 11) is -14.5. The minimum absolute atomic E-state index is 0.000441. The molecule has 2 aromatic carbocycles. The van der Waals surface area contributed by atoms with Crippen LogP contribution in [0.2, 0.25) is 0 Å². The molecule has 2 heterocycles. The summed E-state index contributed by atoms with van der Waals surface area (Å²) in [6.45, 7) is -1.01. The minimum Gasteiger partial charge on any atom is -0.481 e. The van der Waals surface area contributed by atoms with E-state index >= 15 is 0 Å². The lowest BCUT2D eigenvalue weighted by Crippen LogP contribution is -2.48. The Kier molecular flexibility index (Phi) is 23.9. The Labute approximate surface area is 451 Å². The number of carbonyl (C=O) groups excluding carboxylic acids is 4. The summed E-state index contributed by atoms with van der Waals surface area (Å²) in [5.41, 5.74) is 8.98. The number of benzene rings is 2. The average molecular weight is 1190 g/mol. The topological polar surface area (TPSA) is 450 Å². The van der Waals surface area contributed by atoms with Gasteiger partial charge in [-0.1, -0.05) is 88.4 Å². The van der Waals surface area contributed by atoms with Crippen molar-refractivity contribution in [3.63, 3.8) is 0 Å². The lowest BCUT2D eigenvalue weighted by molar-refractivity contribution is -0.143. The molecule has 5 unspecified atom stereocenters. The van der Waals surface area contributed by atoms with Gasteiger partial charge in [0.15, 0.2) is 0 Å². The number of amides is 4. The van der Waals surface area contributed by atoms with Gasteiger partial charge in [0.2, 0.25) is 17.7 Å². The molecule has 0 radical (unpaired) electrons. The zero-order valence-corrected chi connectivity index (χ0v) is 45.3. The summed E-state index contributed by atoms with van der Waals surface area (Å²) in [5.74, 6) is 1.08. The fourth-order valence-electron chi connectivity index (χ4n) is 7.65. The second-order valence-corrected chi connectivity index (χ2v) is 24.0. The molecular formula is C44H56N7O22P3S2. The third kappa shape index (κ3) is 20.5. The number of aliphatic hydroxyl groups excluding tert-OH is 1. The molecule has 78 heavy (non-hydrogen) atoms. The van der Waals surface area contributed by atoms with Crippen LogP contribution in [-0.4, -0.2) is 142 Å². The molecule has 1 fully saturated rings. The Morgan fingerprint density at radius 1 is 0.833 bits per heavy atom. The first-order chi connectivity index (χ1) is 36.8. The maximum atomic E-state index is 13.4. The van der Waals surface area contributed by atoms with Gasteiger partial charge in [-0.05, 0) is 41.5 Å². The number of carboxylic acid groups (broad SMARTS) is 2. The molecule has 4 amide bonds. The van der Waals surface area contributed by atoms with Crippen LogP contribution in [0, 0.1) is 11.8 Å². The van der Waals surface area contributed by atoms with Crippen LogP contribution in [0.25, 0.3) is 11.1 Å². The third-order valence-electron chi connectivity index (χ3n) is 11.3. The van der Waals surface area contributed by atoms with Crippen molar-refractivity contribution in [3.8, 4) is 23.0 Å². The van der Waals surface area contributed by atoms with Crippen molar-refractivity contribution in [2.75, 3.05) is 43.5 Å². The molecule has 3 aromatic rings. The summed E-state index contributed by atoms with van der Waals surface area (Å²) < 4.78 is 58.5. The number of aliphatic carboxylic acids is 2. The SMILES string of the molecule is Nc1nc(=O)n([C@H]2CC(O)[C@@H](COP(=O)(O)OP(=O)(O)OP(=O)(O)O)O2)cc1C#CCNC(=O)CCSSCC(NC(=O)OCC1c2ccccc2-c2ccccc21)C(=O)NCCCCCC(=O)NC(CCC(=O)O)C(=O)O. The largest absolute Gasteiger partial charge is 0.490 e. The average Bonchev–Trinajstić information content (AvgIpc) is 3.91. The van der Waals surface area contributed by atoms with Crippen molar-refractivity contribution in [1.29, 1.82) is 0 Å². The first-order valence-electron chi connectivity index (χ1n) is 23.4. The molecule has 426 valence electrons. The summed E-state index contributed by atoms with van der Waals surface area (Å²) >= 11 is 0. The van der Waals surface area contributed by atoms with Gasteiger partial charge in [-0.15, -0.1) is 0 Å². The first kappa shape index (κ1) is 63.2. The van der Waals surface area contributed by atoms with Crippen LogP contribution in [0.15, 0.2) is 59.5 Å². The van der Waals surface area contributed by atoms with E-state index in [9.17, 15) is 67.3 Å². The molecule has 34 heteroatoms. The van der Waals surface area contributed by atoms with Gasteiger partial charge in [0.1, 0.15) is 36.8 Å². The number of nitrogen functional groups attached to an aromatic ring is 1. The van der Waals surface area contributed by atoms with Gasteiger partial charge in [-0.25, -0.2) is 28.1 Å². The molecule has 7 atom stereocenters. The normalized spacial score (nSPS) is 18.1. The number of alkyl carbamates (subject to hydrolysis) is 1. The Hall–Kier alpha value is -5.67. The predicted molar refractivity (Wildman–Crippen MR) is 277 cm³/mol. The van der Waals surface area contributed by atoms with Crippen molar-refractivity contribution in [2.24, 2.45) is 0 Å². The van der Waals surface area contributed by atoms with Crippen LogP contribution in [0.3, 0.4) is 0 Å². The Balaban J connectivity index is 1.08. The molecule has 1 saturated heterocycles. The van der Waals surface area contributed by atoms with E-state index in [0.29, 0.717) is 19.3 Å². The van der Waals surface area contributed by atoms with E-state index in [0.717, 1.165) is 33.0 Å². The number of fused-ring (bicyclic) bond motifs is 3. The summed E-state index contributed by atoms with van der Waals surface area (Å²) in [4.78, 5) is 127. The quantitative estimate of drug-likeness (QED) is 0.0197. The van der Waals surface area contributed by atoms with Crippen LogP contribution in [0.4, 0.5) is 10.6 Å². The second-order valence-electron chi connectivity index (χ2n) is 17.0. The van der Waals surface area contributed by atoms with Crippen LogP contribution in [0.1, 0.15) is 80.2 Å². The molecule has 29 nitrogen and oxygen atoms in total. The van der Waals surface area contributed by atoms with E-state index in [1.165, 1.54) is 21.6 Å². The first-order valence-corrected chi connectivity index (χ1v) is 30.5. The van der Waals surface area contributed by atoms with Crippen LogP contribution in [-0.2, 0) is 60.3 Å². The minimum atomic E-state index is -5.81. The summed E-state index contributed by atoms with van der Waals surface area (Å²) in [6, 6.07) is 13.1. The summed E-state index contributed by atoms with van der Waals surface area (Å²) in [6.07, 6.45) is -3.66. The number of hydrogen-bond acceptors (Lipinski definition) is 20. The van der Waals surface area contributed by atoms with E-state index in [2.05, 4.69) is 51.2 Å².